The number of nitrogens with zero attached hydrogens (tertiary/aromatic N) is 5. The van der Waals surface area contributed by atoms with E-state index in [1.807, 2.05) is 222 Å². The van der Waals surface area contributed by atoms with Gasteiger partial charge in [-0.1, -0.05) is 119 Å². The SMILES string of the molecule is Clc1cc(Oc2ccccc2)cc(N(c2ccc(-n3nc4ccc(N(c5cc(Cl)cc(Oc6ccccc6)c5)c5cc(Cl)cc(Oc6ccccc6)c5)cc4n3)cc2)c2cc(Cl)cc(Oc3ccccc3)c2)c1. The maximum absolute atomic E-state index is 6.85. The number of benzene rings is 10. The van der Waals surface area contributed by atoms with E-state index in [-0.39, 0.29) is 0 Å². The van der Waals surface area contributed by atoms with Crippen molar-refractivity contribution in [3.05, 3.63) is 257 Å². The van der Waals surface area contributed by atoms with Crippen LogP contribution >= 0.6 is 46.4 Å². The molecule has 10 aromatic carbocycles. The molecular weight excluding hydrogens is 997 g/mol. The van der Waals surface area contributed by atoms with E-state index in [2.05, 4.69) is 0 Å². The average Bonchev–Trinajstić information content (AvgIpc) is 3.81. The lowest BCUT2D eigenvalue weighted by atomic mass is 10.1. The van der Waals surface area contributed by atoms with Crippen LogP contribution in [0, 0.1) is 0 Å². The minimum Gasteiger partial charge on any atom is -0.457 e. The van der Waals surface area contributed by atoms with Crippen molar-refractivity contribution in [1.82, 2.24) is 15.0 Å². The molecule has 0 spiro atoms. The van der Waals surface area contributed by atoms with Gasteiger partial charge in [-0.2, -0.15) is 4.80 Å². The first kappa shape index (κ1) is 46.9. The molecule has 0 bridgehead atoms. The van der Waals surface area contributed by atoms with Crippen LogP contribution in [0.1, 0.15) is 0 Å². The van der Waals surface area contributed by atoms with Gasteiger partial charge in [-0.3, -0.25) is 0 Å². The molecule has 1 aromatic heterocycles. The summed E-state index contributed by atoms with van der Waals surface area (Å²) in [4.78, 5) is 5.66. The van der Waals surface area contributed by atoms with Gasteiger partial charge in [0.25, 0.3) is 0 Å². The summed E-state index contributed by atoms with van der Waals surface area (Å²) in [6, 6.07) is 74.2. The van der Waals surface area contributed by atoms with E-state index in [1.165, 1.54) is 0 Å². The van der Waals surface area contributed by atoms with Gasteiger partial charge in [0.2, 0.25) is 0 Å². The first-order valence-electron chi connectivity index (χ1n) is 22.9. The number of hydrogen-bond acceptors (Lipinski definition) is 8. The molecule has 1 heterocycles. The molecule has 0 saturated carbocycles. The van der Waals surface area contributed by atoms with Crippen LogP contribution in [0.25, 0.3) is 16.7 Å². The molecule has 0 atom stereocenters. The van der Waals surface area contributed by atoms with Crippen LogP contribution in [0.5, 0.6) is 46.0 Å². The summed E-state index contributed by atoms with van der Waals surface area (Å²) in [5, 5.41) is 11.8. The third kappa shape index (κ3) is 11.2. The molecule has 0 amide bonds. The highest BCUT2D eigenvalue weighted by atomic mass is 35.5. The Morgan fingerprint density at radius 3 is 0.945 bits per heavy atom. The molecular formula is C60H39Cl4N5O4. The molecule has 11 aromatic rings. The molecule has 0 N–H and O–H groups in total. The second-order valence-electron chi connectivity index (χ2n) is 16.6. The van der Waals surface area contributed by atoms with Crippen molar-refractivity contribution in [3.8, 4) is 51.7 Å². The summed E-state index contributed by atoms with van der Waals surface area (Å²) in [5.74, 6) is 4.87. The van der Waals surface area contributed by atoms with Crippen LogP contribution in [0.3, 0.4) is 0 Å². The van der Waals surface area contributed by atoms with Gasteiger partial charge in [-0.15, -0.1) is 10.2 Å². The van der Waals surface area contributed by atoms with Crippen molar-refractivity contribution < 1.29 is 18.9 Å². The molecule has 73 heavy (non-hydrogen) atoms. The van der Waals surface area contributed by atoms with Gasteiger partial charge in [0.05, 0.1) is 28.4 Å². The topological polar surface area (TPSA) is 74.1 Å². The average molecular weight is 1040 g/mol. The van der Waals surface area contributed by atoms with Crippen LogP contribution in [-0.4, -0.2) is 15.0 Å². The quantitative estimate of drug-likeness (QED) is 0.101. The predicted molar refractivity (Wildman–Crippen MR) is 294 cm³/mol. The van der Waals surface area contributed by atoms with Crippen molar-refractivity contribution in [2.24, 2.45) is 0 Å². The maximum Gasteiger partial charge on any atom is 0.131 e. The van der Waals surface area contributed by atoms with Gasteiger partial charge in [-0.05, 0) is 140 Å². The standard InChI is InChI=1S/C60H39Cl4N5O4/c61-40-27-47(35-55(31-40)70-51-13-5-1-6-14-51)67(48-28-41(62)32-56(36-48)71-52-15-7-2-8-16-52)44-21-23-45(24-22-44)69-65-59-26-25-46(39-60(59)66-69)68(49-29-42(63)33-57(37-49)72-53-17-9-3-10-18-53)50-30-43(64)34-58(38-50)73-54-19-11-4-12-20-54/h1-39H. The van der Waals surface area contributed by atoms with Crippen LogP contribution < -0.4 is 28.7 Å². The summed E-state index contributed by atoms with van der Waals surface area (Å²) in [7, 11) is 0. The monoisotopic (exact) mass is 1030 g/mol. The van der Waals surface area contributed by atoms with Gasteiger partial charge in [0.15, 0.2) is 0 Å². The fourth-order valence-electron chi connectivity index (χ4n) is 8.23. The number of fused-ring (bicyclic) bond motifs is 1. The molecule has 9 nitrogen and oxygen atoms in total. The zero-order valence-electron chi connectivity index (χ0n) is 38.4. The third-order valence-corrected chi connectivity index (χ3v) is 12.2. The largest absolute Gasteiger partial charge is 0.457 e. The summed E-state index contributed by atoms with van der Waals surface area (Å²) >= 11 is 27.4. The van der Waals surface area contributed by atoms with E-state index in [0.717, 1.165) is 22.7 Å². The predicted octanol–water partition coefficient (Wildman–Crippen LogP) is 19.1. The number of anilines is 6. The van der Waals surface area contributed by atoms with Crippen LogP contribution in [0.15, 0.2) is 237 Å². The van der Waals surface area contributed by atoms with E-state index in [0.29, 0.717) is 94.2 Å². The fourth-order valence-corrected chi connectivity index (χ4v) is 9.11. The Morgan fingerprint density at radius 1 is 0.274 bits per heavy atom. The number of hydrogen-bond donors (Lipinski definition) is 0. The first-order valence-corrected chi connectivity index (χ1v) is 24.4. The summed E-state index contributed by atoms with van der Waals surface area (Å²) in [5.41, 5.74) is 6.40. The minimum atomic E-state index is 0.470. The van der Waals surface area contributed by atoms with E-state index in [4.69, 9.17) is 75.5 Å². The second-order valence-corrected chi connectivity index (χ2v) is 18.3. The molecule has 0 aliphatic carbocycles. The van der Waals surface area contributed by atoms with Gasteiger partial charge in [0.1, 0.15) is 57.0 Å². The highest BCUT2D eigenvalue weighted by Crippen LogP contribution is 2.44. The van der Waals surface area contributed by atoms with Crippen molar-refractivity contribution in [1.29, 1.82) is 0 Å². The summed E-state index contributed by atoms with van der Waals surface area (Å²) in [6.07, 6.45) is 0. The number of halogens is 4. The van der Waals surface area contributed by atoms with Crippen molar-refractivity contribution in [3.63, 3.8) is 0 Å². The Hall–Kier alpha value is -8.44. The smallest absolute Gasteiger partial charge is 0.131 e. The van der Waals surface area contributed by atoms with E-state index < -0.39 is 0 Å². The van der Waals surface area contributed by atoms with Crippen molar-refractivity contribution in [2.45, 2.75) is 0 Å². The molecule has 0 unspecified atom stereocenters. The van der Waals surface area contributed by atoms with E-state index in [9.17, 15) is 0 Å². The van der Waals surface area contributed by atoms with Gasteiger partial charge < -0.3 is 28.7 Å². The van der Waals surface area contributed by atoms with Crippen molar-refractivity contribution >= 4 is 91.6 Å². The molecule has 0 fully saturated rings. The second kappa shape index (κ2) is 21.1. The van der Waals surface area contributed by atoms with E-state index >= 15 is 0 Å². The van der Waals surface area contributed by atoms with Gasteiger partial charge in [-0.25, -0.2) is 0 Å². The highest BCUT2D eigenvalue weighted by Gasteiger charge is 2.21. The summed E-state index contributed by atoms with van der Waals surface area (Å²) in [6.45, 7) is 0. The van der Waals surface area contributed by atoms with E-state index in [1.54, 1.807) is 29.1 Å². The lowest BCUT2D eigenvalue weighted by Gasteiger charge is -2.27. The van der Waals surface area contributed by atoms with Crippen LogP contribution in [0.4, 0.5) is 34.1 Å². The molecule has 356 valence electrons. The Morgan fingerprint density at radius 2 is 0.589 bits per heavy atom. The molecule has 0 aliphatic heterocycles. The highest BCUT2D eigenvalue weighted by molar-refractivity contribution is 6.32. The van der Waals surface area contributed by atoms with Crippen LogP contribution in [-0.2, 0) is 0 Å². The van der Waals surface area contributed by atoms with Crippen molar-refractivity contribution in [2.75, 3.05) is 9.80 Å². The Bertz CT molecular complexity index is 3520. The zero-order valence-corrected chi connectivity index (χ0v) is 41.4. The molecule has 11 rings (SSSR count). The lowest BCUT2D eigenvalue weighted by molar-refractivity contribution is 0.482. The Labute approximate surface area is 441 Å². The lowest BCUT2D eigenvalue weighted by Crippen LogP contribution is -2.11. The number of rotatable bonds is 15. The normalized spacial score (nSPS) is 11.0. The van der Waals surface area contributed by atoms with Crippen LogP contribution in [0.2, 0.25) is 20.1 Å². The number of ether oxygens (including phenoxy) is 4. The summed E-state index contributed by atoms with van der Waals surface area (Å²) < 4.78 is 25.2. The molecule has 13 heteroatoms. The zero-order chi connectivity index (χ0) is 49.7. The molecule has 0 saturated heterocycles. The maximum atomic E-state index is 6.85. The minimum absolute atomic E-state index is 0.470. The first-order chi connectivity index (χ1) is 35.7. The number of aromatic nitrogens is 3. The fraction of sp³-hybridized carbons (Fsp3) is 0. The molecule has 0 radical (unpaired) electrons. The van der Waals surface area contributed by atoms with Gasteiger partial charge in [0, 0.05) is 55.7 Å². The number of para-hydroxylation sites is 4. The Kier molecular flexibility index (Phi) is 13.6. The Balaban J connectivity index is 0.961. The third-order valence-electron chi connectivity index (χ3n) is 11.3. The van der Waals surface area contributed by atoms with Gasteiger partial charge >= 0.3 is 0 Å². The molecule has 0 aliphatic rings.